The van der Waals surface area contributed by atoms with E-state index in [-0.39, 0.29) is 19.1 Å². The third-order valence-electron chi connectivity index (χ3n) is 2.37. The fraction of sp³-hybridized carbons (Fsp3) is 0.583. The molecule has 96 valence electrons. The maximum atomic E-state index is 11.8. The van der Waals surface area contributed by atoms with Crippen LogP contribution in [0.4, 0.5) is 0 Å². The number of aryl methyl sites for hydroxylation is 2. The highest BCUT2D eigenvalue weighted by Gasteiger charge is 2.22. The molecule has 2 N–H and O–H groups in total. The molecule has 1 amide bonds. The second kappa shape index (κ2) is 5.33. The molecule has 0 aromatic carbocycles. The van der Waals surface area contributed by atoms with Crippen molar-refractivity contribution in [2.24, 2.45) is 0 Å². The normalized spacial score (nSPS) is 14.4. The number of hydrogen-bond donors (Lipinski definition) is 2. The van der Waals surface area contributed by atoms with Crippen molar-refractivity contribution in [1.82, 2.24) is 5.32 Å². The average Bonchev–Trinajstić information content (AvgIpc) is 2.54. The second-order valence-corrected chi connectivity index (χ2v) is 4.44. The smallest absolute Gasteiger partial charge is 0.254 e. The van der Waals surface area contributed by atoms with Crippen molar-refractivity contribution < 1.29 is 19.1 Å². The summed E-state index contributed by atoms with van der Waals surface area (Å²) in [5.74, 6) is 1.01. The number of carbonyl (C=O) groups is 1. The molecule has 1 aromatic rings. The molecule has 0 spiro atoms. The molecular weight excluding hydrogens is 222 g/mol. The van der Waals surface area contributed by atoms with Crippen LogP contribution in [0.1, 0.15) is 28.8 Å². The number of rotatable bonds is 5. The summed E-state index contributed by atoms with van der Waals surface area (Å²) < 4.78 is 10.1. The molecule has 1 aromatic heterocycles. The maximum Gasteiger partial charge on any atom is 0.254 e. The summed E-state index contributed by atoms with van der Waals surface area (Å²) in [5.41, 5.74) is -0.576. The van der Waals surface area contributed by atoms with E-state index in [1.807, 2.05) is 0 Å². The van der Waals surface area contributed by atoms with Crippen LogP contribution in [0.15, 0.2) is 10.5 Å². The zero-order valence-electron chi connectivity index (χ0n) is 10.7. The molecule has 5 nitrogen and oxygen atoms in total. The van der Waals surface area contributed by atoms with Crippen LogP contribution in [0, 0.1) is 13.8 Å². The van der Waals surface area contributed by atoms with Crippen LogP contribution < -0.4 is 5.32 Å². The fourth-order valence-corrected chi connectivity index (χ4v) is 1.58. The van der Waals surface area contributed by atoms with Gasteiger partial charge in [-0.05, 0) is 26.8 Å². The minimum absolute atomic E-state index is 0.128. The van der Waals surface area contributed by atoms with Gasteiger partial charge in [-0.25, -0.2) is 0 Å². The summed E-state index contributed by atoms with van der Waals surface area (Å²) >= 11 is 0. The lowest BCUT2D eigenvalue weighted by atomic mass is 10.1. The molecule has 0 fully saturated rings. The number of aliphatic hydroxyl groups is 1. The molecule has 1 atom stereocenters. The third kappa shape index (κ3) is 3.87. The van der Waals surface area contributed by atoms with Crippen LogP contribution in [0.2, 0.25) is 0 Å². The highest BCUT2D eigenvalue weighted by molar-refractivity contribution is 5.95. The van der Waals surface area contributed by atoms with Gasteiger partial charge in [-0.2, -0.15) is 0 Å². The standard InChI is InChI=1S/C12H19NO4/c1-8-5-10(9(2)17-8)11(14)13-6-12(3,15)7-16-4/h5,15H,6-7H2,1-4H3,(H,13,14)/t12-/m0/s1. The van der Waals surface area contributed by atoms with Gasteiger partial charge in [0, 0.05) is 13.7 Å². The van der Waals surface area contributed by atoms with Gasteiger partial charge in [0.05, 0.1) is 12.2 Å². The molecule has 0 saturated heterocycles. The molecule has 5 heteroatoms. The monoisotopic (exact) mass is 241 g/mol. The molecule has 0 aliphatic carbocycles. The van der Waals surface area contributed by atoms with Crippen molar-refractivity contribution >= 4 is 5.91 Å². The van der Waals surface area contributed by atoms with E-state index in [9.17, 15) is 9.90 Å². The predicted molar refractivity (Wildman–Crippen MR) is 63.0 cm³/mol. The quantitative estimate of drug-likeness (QED) is 0.807. The van der Waals surface area contributed by atoms with Crippen LogP contribution in [-0.4, -0.2) is 36.9 Å². The lowest BCUT2D eigenvalue weighted by Crippen LogP contribution is -2.43. The van der Waals surface area contributed by atoms with Gasteiger partial charge in [0.1, 0.15) is 17.1 Å². The Morgan fingerprint density at radius 1 is 1.59 bits per heavy atom. The Morgan fingerprint density at radius 3 is 2.71 bits per heavy atom. The summed E-state index contributed by atoms with van der Waals surface area (Å²) in [4.78, 5) is 11.8. The molecule has 0 saturated carbocycles. The van der Waals surface area contributed by atoms with Crippen molar-refractivity contribution in [2.45, 2.75) is 26.4 Å². The summed E-state index contributed by atoms with van der Waals surface area (Å²) in [6.07, 6.45) is 0. The highest BCUT2D eigenvalue weighted by atomic mass is 16.5. The summed E-state index contributed by atoms with van der Waals surface area (Å²) in [5, 5.41) is 12.5. The Labute approximate surface area is 101 Å². The molecule has 0 aliphatic rings. The van der Waals surface area contributed by atoms with Crippen LogP contribution in [0.3, 0.4) is 0 Å². The number of ether oxygens (including phenoxy) is 1. The number of amides is 1. The van der Waals surface area contributed by atoms with Crippen molar-refractivity contribution in [3.05, 3.63) is 23.2 Å². The predicted octanol–water partition coefficient (Wildman–Crippen LogP) is 1.02. The van der Waals surface area contributed by atoms with Gasteiger partial charge in [0.2, 0.25) is 0 Å². The van der Waals surface area contributed by atoms with Gasteiger partial charge < -0.3 is 19.6 Å². The molecular formula is C12H19NO4. The Hall–Kier alpha value is -1.33. The Balaban J connectivity index is 2.59. The number of nitrogens with one attached hydrogen (secondary N) is 1. The van der Waals surface area contributed by atoms with Gasteiger partial charge in [-0.1, -0.05) is 0 Å². The summed E-state index contributed by atoms with van der Waals surface area (Å²) in [7, 11) is 1.50. The van der Waals surface area contributed by atoms with Crippen molar-refractivity contribution in [1.29, 1.82) is 0 Å². The number of carbonyl (C=O) groups excluding carboxylic acids is 1. The largest absolute Gasteiger partial charge is 0.466 e. The Bertz CT molecular complexity index is 395. The zero-order valence-corrected chi connectivity index (χ0v) is 10.7. The first-order valence-corrected chi connectivity index (χ1v) is 5.42. The summed E-state index contributed by atoms with van der Waals surface area (Å²) in [6.45, 7) is 5.41. The third-order valence-corrected chi connectivity index (χ3v) is 2.37. The molecule has 0 radical (unpaired) electrons. The Kier molecular flexibility index (Phi) is 4.31. The van der Waals surface area contributed by atoms with Crippen molar-refractivity contribution in [3.63, 3.8) is 0 Å². The van der Waals surface area contributed by atoms with Gasteiger partial charge in [-0.3, -0.25) is 4.79 Å². The fourth-order valence-electron chi connectivity index (χ4n) is 1.58. The van der Waals surface area contributed by atoms with Gasteiger partial charge >= 0.3 is 0 Å². The van der Waals surface area contributed by atoms with E-state index in [1.54, 1.807) is 26.8 Å². The van der Waals surface area contributed by atoms with Crippen LogP contribution in [0.5, 0.6) is 0 Å². The van der Waals surface area contributed by atoms with Crippen LogP contribution in [0.25, 0.3) is 0 Å². The first kappa shape index (κ1) is 13.7. The van der Waals surface area contributed by atoms with Crippen LogP contribution in [-0.2, 0) is 4.74 Å². The first-order valence-electron chi connectivity index (χ1n) is 5.42. The van der Waals surface area contributed by atoms with Crippen molar-refractivity contribution in [2.75, 3.05) is 20.3 Å². The molecule has 1 heterocycles. The van der Waals surface area contributed by atoms with E-state index < -0.39 is 5.60 Å². The minimum Gasteiger partial charge on any atom is -0.466 e. The van der Waals surface area contributed by atoms with E-state index in [0.29, 0.717) is 17.1 Å². The maximum absolute atomic E-state index is 11.8. The van der Waals surface area contributed by atoms with E-state index in [4.69, 9.17) is 9.15 Å². The SMILES string of the molecule is COC[C@@](C)(O)CNC(=O)c1cc(C)oc1C. The molecule has 17 heavy (non-hydrogen) atoms. The minimum atomic E-state index is -1.07. The molecule has 0 bridgehead atoms. The van der Waals surface area contributed by atoms with E-state index >= 15 is 0 Å². The van der Waals surface area contributed by atoms with Gasteiger partial charge in [-0.15, -0.1) is 0 Å². The highest BCUT2D eigenvalue weighted by Crippen LogP contribution is 2.13. The van der Waals surface area contributed by atoms with Gasteiger partial charge in [0.15, 0.2) is 0 Å². The lowest BCUT2D eigenvalue weighted by Gasteiger charge is -2.22. The lowest BCUT2D eigenvalue weighted by molar-refractivity contribution is -0.0147. The topological polar surface area (TPSA) is 71.7 Å². The van der Waals surface area contributed by atoms with Gasteiger partial charge in [0.25, 0.3) is 5.91 Å². The molecule has 0 unspecified atom stereocenters. The van der Waals surface area contributed by atoms with Crippen molar-refractivity contribution in [3.8, 4) is 0 Å². The van der Waals surface area contributed by atoms with E-state index in [0.717, 1.165) is 0 Å². The zero-order chi connectivity index (χ0) is 13.1. The van der Waals surface area contributed by atoms with Crippen LogP contribution >= 0.6 is 0 Å². The Morgan fingerprint density at radius 2 is 2.24 bits per heavy atom. The summed E-state index contributed by atoms with van der Waals surface area (Å²) in [6, 6.07) is 1.68. The number of furan rings is 1. The molecule has 1 rings (SSSR count). The number of hydrogen-bond acceptors (Lipinski definition) is 4. The number of methoxy groups -OCH3 is 1. The molecule has 0 aliphatic heterocycles. The average molecular weight is 241 g/mol. The van der Waals surface area contributed by atoms with E-state index in [2.05, 4.69) is 5.32 Å². The second-order valence-electron chi connectivity index (χ2n) is 4.44. The first-order chi connectivity index (χ1) is 7.85. The van der Waals surface area contributed by atoms with E-state index in [1.165, 1.54) is 7.11 Å².